The largest absolute Gasteiger partial charge is 0.338 e. The van der Waals surface area contributed by atoms with E-state index in [-0.39, 0.29) is 0 Å². The minimum atomic E-state index is 0.777. The Bertz CT molecular complexity index is 993. The monoisotopic (exact) mass is 325 g/mol. The van der Waals surface area contributed by atoms with Crippen LogP contribution >= 0.6 is 0 Å². The lowest BCUT2D eigenvalue weighted by Gasteiger charge is -2.11. The molecule has 0 bridgehead atoms. The number of anilines is 2. The summed E-state index contributed by atoms with van der Waals surface area (Å²) in [5, 5.41) is 14.5. The summed E-state index contributed by atoms with van der Waals surface area (Å²) in [6.45, 7) is 2.16. The molecule has 0 fully saturated rings. The third-order valence-electron chi connectivity index (χ3n) is 4.36. The first-order valence-corrected chi connectivity index (χ1v) is 8.52. The van der Waals surface area contributed by atoms with E-state index in [1.807, 2.05) is 30.3 Å². The third-order valence-corrected chi connectivity index (χ3v) is 4.36. The van der Waals surface area contributed by atoms with Crippen LogP contribution < -0.4 is 5.32 Å². The smallest absolute Gasteiger partial charge is 0.161 e. The number of aryl methyl sites for hydroxylation is 1. The van der Waals surface area contributed by atoms with Gasteiger partial charge >= 0.3 is 0 Å². The van der Waals surface area contributed by atoms with Gasteiger partial charge in [-0.15, -0.1) is 10.2 Å². The number of hydrogen-bond acceptors (Lipinski definition) is 3. The van der Waals surface area contributed by atoms with E-state index >= 15 is 0 Å². The van der Waals surface area contributed by atoms with Crippen molar-refractivity contribution in [3.63, 3.8) is 0 Å². The van der Waals surface area contributed by atoms with Gasteiger partial charge in [-0.25, -0.2) is 0 Å². The van der Waals surface area contributed by atoms with Gasteiger partial charge in [0.05, 0.1) is 0 Å². The fourth-order valence-corrected chi connectivity index (χ4v) is 2.97. The number of aromatic nitrogens is 2. The average Bonchev–Trinajstić information content (AvgIpc) is 2.69. The molecule has 25 heavy (non-hydrogen) atoms. The van der Waals surface area contributed by atoms with Crippen LogP contribution in [0, 0.1) is 0 Å². The molecule has 0 atom stereocenters. The van der Waals surface area contributed by atoms with E-state index in [0.29, 0.717) is 0 Å². The first-order valence-electron chi connectivity index (χ1n) is 8.52. The van der Waals surface area contributed by atoms with E-state index in [1.165, 1.54) is 5.56 Å². The number of fused-ring (bicyclic) bond motifs is 1. The fraction of sp³-hybridized carbons (Fsp3) is 0.0909. The molecular weight excluding hydrogens is 306 g/mol. The number of benzene rings is 3. The minimum absolute atomic E-state index is 0.777. The highest BCUT2D eigenvalue weighted by molar-refractivity contribution is 6.00. The standard InChI is InChI=1S/C22H19N3/c1-2-16-12-14-18(15-13-16)23-22-20-11-7-6-10-19(20)21(24-25-22)17-8-4-3-5-9-17/h3-15H,2H2,1H3,(H,23,25). The molecule has 0 amide bonds. The number of nitrogens with one attached hydrogen (secondary N) is 1. The Morgan fingerprint density at radius 2 is 1.40 bits per heavy atom. The summed E-state index contributed by atoms with van der Waals surface area (Å²) in [6, 6.07) is 26.9. The highest BCUT2D eigenvalue weighted by atomic mass is 15.2. The molecule has 1 aromatic heterocycles. The Kier molecular flexibility index (Phi) is 4.13. The molecule has 3 heteroatoms. The molecule has 4 aromatic rings. The molecule has 1 heterocycles. The SMILES string of the molecule is CCc1ccc(Nc2nnc(-c3ccccc3)c3ccccc23)cc1. The van der Waals surface area contributed by atoms with Gasteiger partial charge in [0.25, 0.3) is 0 Å². The first-order chi connectivity index (χ1) is 12.3. The van der Waals surface area contributed by atoms with Crippen molar-refractivity contribution >= 4 is 22.3 Å². The highest BCUT2D eigenvalue weighted by Crippen LogP contribution is 2.30. The molecule has 0 aliphatic rings. The lowest BCUT2D eigenvalue weighted by Crippen LogP contribution is -1.99. The summed E-state index contributed by atoms with van der Waals surface area (Å²) in [6.07, 6.45) is 1.04. The molecule has 3 nitrogen and oxygen atoms in total. The van der Waals surface area contributed by atoms with E-state index in [1.54, 1.807) is 0 Å². The maximum atomic E-state index is 4.49. The maximum absolute atomic E-state index is 4.49. The van der Waals surface area contributed by atoms with Gasteiger partial charge in [-0.3, -0.25) is 0 Å². The molecule has 1 N–H and O–H groups in total. The Morgan fingerprint density at radius 3 is 2.12 bits per heavy atom. The van der Waals surface area contributed by atoms with Crippen LogP contribution in [0.25, 0.3) is 22.0 Å². The number of hydrogen-bond donors (Lipinski definition) is 1. The molecule has 0 aliphatic heterocycles. The number of rotatable bonds is 4. The van der Waals surface area contributed by atoms with Crippen LogP contribution in [-0.2, 0) is 6.42 Å². The van der Waals surface area contributed by atoms with Crippen LogP contribution in [0.5, 0.6) is 0 Å². The van der Waals surface area contributed by atoms with Crippen LogP contribution in [-0.4, -0.2) is 10.2 Å². The zero-order chi connectivity index (χ0) is 17.1. The van der Waals surface area contributed by atoms with Crippen molar-refractivity contribution in [3.8, 4) is 11.3 Å². The second-order valence-electron chi connectivity index (χ2n) is 5.98. The summed E-state index contributed by atoms with van der Waals surface area (Å²) < 4.78 is 0. The van der Waals surface area contributed by atoms with Gasteiger partial charge in [0.2, 0.25) is 0 Å². The molecule has 0 spiro atoms. The third kappa shape index (κ3) is 3.09. The van der Waals surface area contributed by atoms with Crippen LogP contribution in [0.3, 0.4) is 0 Å². The Hall–Kier alpha value is -3.20. The van der Waals surface area contributed by atoms with Crippen molar-refractivity contribution in [1.29, 1.82) is 0 Å². The van der Waals surface area contributed by atoms with Crippen molar-refractivity contribution in [1.82, 2.24) is 10.2 Å². The minimum Gasteiger partial charge on any atom is -0.338 e. The fourth-order valence-electron chi connectivity index (χ4n) is 2.97. The van der Waals surface area contributed by atoms with E-state index in [2.05, 4.69) is 71.0 Å². The predicted molar refractivity (Wildman–Crippen MR) is 104 cm³/mol. The lowest BCUT2D eigenvalue weighted by molar-refractivity contribution is 1.06. The van der Waals surface area contributed by atoms with Crippen LogP contribution in [0.15, 0.2) is 78.9 Å². The number of nitrogens with zero attached hydrogens (tertiary/aromatic N) is 2. The van der Waals surface area contributed by atoms with Crippen LogP contribution in [0.1, 0.15) is 12.5 Å². The highest BCUT2D eigenvalue weighted by Gasteiger charge is 2.10. The zero-order valence-corrected chi connectivity index (χ0v) is 14.1. The summed E-state index contributed by atoms with van der Waals surface area (Å²) >= 11 is 0. The molecule has 0 aliphatic carbocycles. The molecule has 0 saturated heterocycles. The van der Waals surface area contributed by atoms with Gasteiger partial charge in [0.1, 0.15) is 5.69 Å². The van der Waals surface area contributed by atoms with Crippen molar-refractivity contribution in [2.75, 3.05) is 5.32 Å². The van der Waals surface area contributed by atoms with Crippen molar-refractivity contribution in [2.24, 2.45) is 0 Å². The molecular formula is C22H19N3. The second-order valence-corrected chi connectivity index (χ2v) is 5.98. The van der Waals surface area contributed by atoms with E-state index in [4.69, 9.17) is 0 Å². The van der Waals surface area contributed by atoms with Crippen molar-refractivity contribution < 1.29 is 0 Å². The zero-order valence-electron chi connectivity index (χ0n) is 14.1. The van der Waals surface area contributed by atoms with Gasteiger partial charge < -0.3 is 5.32 Å². The molecule has 122 valence electrons. The van der Waals surface area contributed by atoms with Crippen molar-refractivity contribution in [3.05, 3.63) is 84.4 Å². The lowest BCUT2D eigenvalue weighted by atomic mass is 10.0. The maximum Gasteiger partial charge on any atom is 0.161 e. The topological polar surface area (TPSA) is 37.8 Å². The van der Waals surface area contributed by atoms with Crippen molar-refractivity contribution in [2.45, 2.75) is 13.3 Å². The molecule has 0 radical (unpaired) electrons. The summed E-state index contributed by atoms with van der Waals surface area (Å²) in [7, 11) is 0. The molecule has 0 unspecified atom stereocenters. The van der Waals surface area contributed by atoms with E-state index < -0.39 is 0 Å². The molecule has 4 rings (SSSR count). The van der Waals surface area contributed by atoms with E-state index in [9.17, 15) is 0 Å². The van der Waals surface area contributed by atoms with Gasteiger partial charge in [-0.1, -0.05) is 73.7 Å². The van der Waals surface area contributed by atoms with Gasteiger partial charge in [0.15, 0.2) is 5.82 Å². The molecule has 3 aromatic carbocycles. The normalized spacial score (nSPS) is 10.8. The predicted octanol–water partition coefficient (Wildman–Crippen LogP) is 5.60. The summed E-state index contributed by atoms with van der Waals surface area (Å²) in [5.41, 5.74) is 4.32. The van der Waals surface area contributed by atoms with E-state index in [0.717, 1.165) is 40.0 Å². The van der Waals surface area contributed by atoms with Crippen LogP contribution in [0.4, 0.5) is 11.5 Å². The Labute approximate surface area is 147 Å². The van der Waals surface area contributed by atoms with Gasteiger partial charge in [-0.05, 0) is 24.1 Å². The first kappa shape index (κ1) is 15.3. The molecule has 0 saturated carbocycles. The summed E-state index contributed by atoms with van der Waals surface area (Å²) in [5.74, 6) is 0.777. The van der Waals surface area contributed by atoms with Gasteiger partial charge in [0, 0.05) is 22.0 Å². The quantitative estimate of drug-likeness (QED) is 0.530. The Morgan fingerprint density at radius 1 is 0.720 bits per heavy atom. The van der Waals surface area contributed by atoms with Gasteiger partial charge in [-0.2, -0.15) is 0 Å². The second kappa shape index (κ2) is 6.73. The van der Waals surface area contributed by atoms with Crippen LogP contribution in [0.2, 0.25) is 0 Å². The Balaban J connectivity index is 1.78. The average molecular weight is 325 g/mol. The summed E-state index contributed by atoms with van der Waals surface area (Å²) in [4.78, 5) is 0.